The lowest BCUT2D eigenvalue weighted by molar-refractivity contribution is 0.0495. The first-order valence-corrected chi connectivity index (χ1v) is 8.13. The van der Waals surface area contributed by atoms with E-state index in [0.717, 1.165) is 19.3 Å². The third kappa shape index (κ3) is 2.75. The Morgan fingerprint density at radius 2 is 1.54 bits per heavy atom. The number of carbonyl (C=O) groups is 3. The van der Waals surface area contributed by atoms with Crippen LogP contribution in [0.25, 0.3) is 0 Å². The van der Waals surface area contributed by atoms with Gasteiger partial charge in [-0.1, -0.05) is 56.2 Å². The van der Waals surface area contributed by atoms with Gasteiger partial charge in [0, 0.05) is 22.3 Å². The third-order valence-electron chi connectivity index (χ3n) is 4.15. The second kappa shape index (κ2) is 6.79. The zero-order valence-electron chi connectivity index (χ0n) is 13.5. The summed E-state index contributed by atoms with van der Waals surface area (Å²) in [5.74, 6) is -1.09. The van der Waals surface area contributed by atoms with E-state index in [0.29, 0.717) is 17.7 Å². The van der Waals surface area contributed by atoms with Gasteiger partial charge in [-0.15, -0.1) is 0 Å². The standard InChI is InChI=1S/C20H18O4/c1-2-3-6-12-24-20(23)16-11-7-10-15-17(16)19(22)14-9-5-4-8-13(14)18(15)21/h4-5,7-11H,2-3,6,12H2,1H3. The van der Waals surface area contributed by atoms with Crippen molar-refractivity contribution in [2.45, 2.75) is 26.2 Å². The lowest BCUT2D eigenvalue weighted by atomic mass is 9.82. The molecule has 122 valence electrons. The molecule has 0 spiro atoms. The monoisotopic (exact) mass is 322 g/mol. The topological polar surface area (TPSA) is 60.4 Å². The summed E-state index contributed by atoms with van der Waals surface area (Å²) >= 11 is 0. The Bertz CT molecular complexity index is 820. The molecule has 0 radical (unpaired) electrons. The highest BCUT2D eigenvalue weighted by molar-refractivity contribution is 6.30. The summed E-state index contributed by atoms with van der Waals surface area (Å²) in [5.41, 5.74) is 1.30. The van der Waals surface area contributed by atoms with Crippen LogP contribution < -0.4 is 0 Å². The van der Waals surface area contributed by atoms with Crippen molar-refractivity contribution in [2.24, 2.45) is 0 Å². The molecule has 0 N–H and O–H groups in total. The summed E-state index contributed by atoms with van der Waals surface area (Å²) in [6.07, 6.45) is 2.79. The van der Waals surface area contributed by atoms with Gasteiger partial charge in [0.1, 0.15) is 0 Å². The number of esters is 1. The maximum absolute atomic E-state index is 12.8. The Balaban J connectivity index is 1.97. The van der Waals surface area contributed by atoms with E-state index in [-0.39, 0.29) is 28.3 Å². The lowest BCUT2D eigenvalue weighted by Gasteiger charge is -2.19. The number of ether oxygens (including phenoxy) is 1. The van der Waals surface area contributed by atoms with Crippen LogP contribution in [0.15, 0.2) is 42.5 Å². The Morgan fingerprint density at radius 1 is 0.875 bits per heavy atom. The molecular weight excluding hydrogens is 304 g/mol. The number of benzene rings is 2. The quantitative estimate of drug-likeness (QED) is 0.529. The molecule has 0 unspecified atom stereocenters. The van der Waals surface area contributed by atoms with E-state index in [1.54, 1.807) is 42.5 Å². The molecule has 1 aliphatic rings. The first-order valence-electron chi connectivity index (χ1n) is 8.13. The number of hydrogen-bond donors (Lipinski definition) is 0. The summed E-state index contributed by atoms with van der Waals surface area (Å²) in [4.78, 5) is 37.8. The number of rotatable bonds is 5. The van der Waals surface area contributed by atoms with Gasteiger partial charge < -0.3 is 4.74 Å². The van der Waals surface area contributed by atoms with Crippen LogP contribution in [-0.2, 0) is 4.74 Å². The summed E-state index contributed by atoms with van der Waals surface area (Å²) < 4.78 is 5.27. The van der Waals surface area contributed by atoms with Crippen molar-refractivity contribution in [1.29, 1.82) is 0 Å². The summed E-state index contributed by atoms with van der Waals surface area (Å²) in [6.45, 7) is 2.38. The number of hydrogen-bond acceptors (Lipinski definition) is 4. The average molecular weight is 322 g/mol. The van der Waals surface area contributed by atoms with Crippen molar-refractivity contribution >= 4 is 17.5 Å². The molecule has 0 saturated heterocycles. The van der Waals surface area contributed by atoms with E-state index in [9.17, 15) is 14.4 Å². The fourth-order valence-electron chi connectivity index (χ4n) is 2.91. The average Bonchev–Trinajstić information content (AvgIpc) is 2.62. The first-order chi connectivity index (χ1) is 11.6. The van der Waals surface area contributed by atoms with Crippen LogP contribution in [0.5, 0.6) is 0 Å². The number of ketones is 2. The molecule has 0 aliphatic heterocycles. The SMILES string of the molecule is CCCCCOC(=O)c1cccc2c1C(=O)c1ccccc1C2=O. The van der Waals surface area contributed by atoms with Gasteiger partial charge in [-0.3, -0.25) is 9.59 Å². The van der Waals surface area contributed by atoms with Gasteiger partial charge in [0.05, 0.1) is 12.2 Å². The molecular formula is C20H18O4. The minimum Gasteiger partial charge on any atom is -0.462 e. The maximum atomic E-state index is 12.8. The van der Waals surface area contributed by atoms with Crippen molar-refractivity contribution < 1.29 is 19.1 Å². The van der Waals surface area contributed by atoms with Crippen molar-refractivity contribution in [3.63, 3.8) is 0 Å². The van der Waals surface area contributed by atoms with E-state index < -0.39 is 5.97 Å². The smallest absolute Gasteiger partial charge is 0.338 e. The van der Waals surface area contributed by atoms with E-state index >= 15 is 0 Å². The fourth-order valence-corrected chi connectivity index (χ4v) is 2.91. The number of carbonyl (C=O) groups excluding carboxylic acids is 3. The minimum atomic E-state index is -0.552. The first kappa shape index (κ1) is 16.1. The molecule has 0 heterocycles. The molecule has 0 amide bonds. The van der Waals surface area contributed by atoms with Gasteiger partial charge in [-0.05, 0) is 12.5 Å². The van der Waals surface area contributed by atoms with Crippen LogP contribution in [0.3, 0.4) is 0 Å². The molecule has 0 bridgehead atoms. The molecule has 2 aromatic carbocycles. The predicted molar refractivity (Wildman–Crippen MR) is 89.6 cm³/mol. The molecule has 2 aromatic rings. The van der Waals surface area contributed by atoms with Crippen LogP contribution in [-0.4, -0.2) is 24.1 Å². The molecule has 4 heteroatoms. The van der Waals surface area contributed by atoms with Crippen molar-refractivity contribution in [1.82, 2.24) is 0 Å². The molecule has 0 atom stereocenters. The summed E-state index contributed by atoms with van der Waals surface area (Å²) in [5, 5.41) is 0. The van der Waals surface area contributed by atoms with Gasteiger partial charge in [0.2, 0.25) is 0 Å². The zero-order valence-corrected chi connectivity index (χ0v) is 13.5. The van der Waals surface area contributed by atoms with Gasteiger partial charge in [-0.25, -0.2) is 4.79 Å². The van der Waals surface area contributed by atoms with Crippen LogP contribution in [0.4, 0.5) is 0 Å². The van der Waals surface area contributed by atoms with E-state index in [2.05, 4.69) is 6.92 Å². The van der Waals surface area contributed by atoms with Crippen LogP contribution in [0, 0.1) is 0 Å². The second-order valence-electron chi connectivity index (χ2n) is 5.77. The van der Waals surface area contributed by atoms with Gasteiger partial charge in [0.25, 0.3) is 0 Å². The highest BCUT2D eigenvalue weighted by Gasteiger charge is 2.33. The Hall–Kier alpha value is -2.75. The molecule has 4 nitrogen and oxygen atoms in total. The van der Waals surface area contributed by atoms with Gasteiger partial charge in [-0.2, -0.15) is 0 Å². The number of unbranched alkanes of at least 4 members (excludes halogenated alkanes) is 2. The molecule has 24 heavy (non-hydrogen) atoms. The summed E-state index contributed by atoms with van der Waals surface area (Å²) in [6, 6.07) is 11.4. The normalized spacial score (nSPS) is 12.5. The predicted octanol–water partition coefficient (Wildman–Crippen LogP) is 3.81. The van der Waals surface area contributed by atoms with E-state index in [1.807, 2.05) is 0 Å². The molecule has 0 saturated carbocycles. The lowest BCUT2D eigenvalue weighted by Crippen LogP contribution is -2.24. The van der Waals surface area contributed by atoms with E-state index in [4.69, 9.17) is 4.74 Å². The van der Waals surface area contributed by atoms with Gasteiger partial charge in [0.15, 0.2) is 11.6 Å². The molecule has 0 aromatic heterocycles. The Labute approximate surface area is 140 Å². The highest BCUT2D eigenvalue weighted by Crippen LogP contribution is 2.29. The number of fused-ring (bicyclic) bond motifs is 2. The Morgan fingerprint density at radius 3 is 2.25 bits per heavy atom. The molecule has 1 aliphatic carbocycles. The van der Waals surface area contributed by atoms with E-state index in [1.165, 1.54) is 0 Å². The van der Waals surface area contributed by atoms with Crippen LogP contribution >= 0.6 is 0 Å². The van der Waals surface area contributed by atoms with Crippen LogP contribution in [0.2, 0.25) is 0 Å². The van der Waals surface area contributed by atoms with Crippen molar-refractivity contribution in [3.05, 3.63) is 70.3 Å². The summed E-state index contributed by atoms with van der Waals surface area (Å²) in [7, 11) is 0. The molecule has 3 rings (SSSR count). The minimum absolute atomic E-state index is 0.154. The second-order valence-corrected chi connectivity index (χ2v) is 5.77. The zero-order chi connectivity index (χ0) is 17.1. The fraction of sp³-hybridized carbons (Fsp3) is 0.250. The third-order valence-corrected chi connectivity index (χ3v) is 4.15. The largest absolute Gasteiger partial charge is 0.462 e. The maximum Gasteiger partial charge on any atom is 0.338 e. The van der Waals surface area contributed by atoms with Crippen LogP contribution in [0.1, 0.15) is 68.4 Å². The highest BCUT2D eigenvalue weighted by atomic mass is 16.5. The Kier molecular flexibility index (Phi) is 4.56. The van der Waals surface area contributed by atoms with Crippen molar-refractivity contribution in [2.75, 3.05) is 6.61 Å². The molecule has 0 fully saturated rings. The van der Waals surface area contributed by atoms with Crippen molar-refractivity contribution in [3.8, 4) is 0 Å². The van der Waals surface area contributed by atoms with Gasteiger partial charge >= 0.3 is 5.97 Å².